The second-order valence-corrected chi connectivity index (χ2v) is 5.65. The molecule has 0 radical (unpaired) electrons. The van der Waals surface area contributed by atoms with Gasteiger partial charge >= 0.3 is 0 Å². The van der Waals surface area contributed by atoms with E-state index in [-0.39, 0.29) is 16.4 Å². The van der Waals surface area contributed by atoms with Crippen molar-refractivity contribution in [3.05, 3.63) is 76.3 Å². The molecule has 0 saturated heterocycles. The largest absolute Gasteiger partial charge is 0.323 e. The van der Waals surface area contributed by atoms with Crippen molar-refractivity contribution in [2.24, 2.45) is 0 Å². The molecule has 0 spiro atoms. The highest BCUT2D eigenvalue weighted by molar-refractivity contribution is 6.31. The fourth-order valence-corrected chi connectivity index (χ4v) is 2.93. The standard InChI is InChI=1S/C16H10ClF2N5/c17-11-2-1-3-12(19)15(11)14-8-13(9-4-6-10(18)7-5-9)20-16-21-22-23-24(14)16/h1-8,14H,(H,20,21,23)/t14-/m0/s1. The van der Waals surface area contributed by atoms with E-state index < -0.39 is 11.9 Å². The van der Waals surface area contributed by atoms with Crippen molar-refractivity contribution in [2.45, 2.75) is 6.04 Å². The van der Waals surface area contributed by atoms with E-state index in [1.807, 2.05) is 0 Å². The summed E-state index contributed by atoms with van der Waals surface area (Å²) in [7, 11) is 0. The van der Waals surface area contributed by atoms with Crippen LogP contribution in [0.1, 0.15) is 17.2 Å². The van der Waals surface area contributed by atoms with E-state index in [9.17, 15) is 8.78 Å². The minimum absolute atomic E-state index is 0.272. The molecule has 120 valence electrons. The number of halogens is 3. The Balaban J connectivity index is 1.87. The minimum Gasteiger partial charge on any atom is -0.323 e. The van der Waals surface area contributed by atoms with Gasteiger partial charge in [-0.05, 0) is 58.5 Å². The summed E-state index contributed by atoms with van der Waals surface area (Å²) in [5, 5.41) is 14.7. The molecule has 0 saturated carbocycles. The van der Waals surface area contributed by atoms with Crippen molar-refractivity contribution >= 4 is 23.2 Å². The zero-order chi connectivity index (χ0) is 16.7. The molecule has 2 heterocycles. The van der Waals surface area contributed by atoms with E-state index in [1.165, 1.54) is 28.9 Å². The molecular formula is C16H10ClF2N5. The number of hydrogen-bond donors (Lipinski definition) is 1. The Kier molecular flexibility index (Phi) is 3.50. The fraction of sp³-hybridized carbons (Fsp3) is 0.0625. The van der Waals surface area contributed by atoms with Gasteiger partial charge in [0, 0.05) is 16.3 Å². The first-order valence-electron chi connectivity index (χ1n) is 7.10. The van der Waals surface area contributed by atoms with Crippen molar-refractivity contribution in [1.29, 1.82) is 0 Å². The van der Waals surface area contributed by atoms with Crippen LogP contribution in [0.25, 0.3) is 5.70 Å². The lowest BCUT2D eigenvalue weighted by molar-refractivity contribution is 0.540. The topological polar surface area (TPSA) is 55.6 Å². The number of aromatic nitrogens is 4. The second-order valence-electron chi connectivity index (χ2n) is 5.24. The Labute approximate surface area is 140 Å². The van der Waals surface area contributed by atoms with E-state index in [1.54, 1.807) is 24.3 Å². The van der Waals surface area contributed by atoms with E-state index in [4.69, 9.17) is 11.6 Å². The summed E-state index contributed by atoms with van der Waals surface area (Å²) in [5.74, 6) is -0.444. The molecule has 1 aromatic heterocycles. The van der Waals surface area contributed by atoms with Crippen LogP contribution in [0, 0.1) is 11.6 Å². The molecule has 0 unspecified atom stereocenters. The lowest BCUT2D eigenvalue weighted by atomic mass is 10.0. The third-order valence-electron chi connectivity index (χ3n) is 3.78. The normalized spacial score (nSPS) is 16.3. The molecule has 2 aromatic carbocycles. The Hall–Kier alpha value is -2.80. The number of hydrogen-bond acceptors (Lipinski definition) is 4. The second kappa shape index (κ2) is 5.68. The molecule has 3 aromatic rings. The summed E-state index contributed by atoms with van der Waals surface area (Å²) in [4.78, 5) is 0. The number of nitrogens with zero attached hydrogens (tertiary/aromatic N) is 4. The average Bonchev–Trinajstić information content (AvgIpc) is 3.04. The van der Waals surface area contributed by atoms with Crippen LogP contribution in [0.2, 0.25) is 5.02 Å². The monoisotopic (exact) mass is 345 g/mol. The van der Waals surface area contributed by atoms with Gasteiger partial charge in [0.2, 0.25) is 5.95 Å². The van der Waals surface area contributed by atoms with Crippen molar-refractivity contribution in [2.75, 3.05) is 5.32 Å². The van der Waals surface area contributed by atoms with Crippen molar-refractivity contribution in [3.8, 4) is 0 Å². The van der Waals surface area contributed by atoms with Gasteiger partial charge in [0.15, 0.2) is 0 Å². The number of allylic oxidation sites excluding steroid dienone is 1. The van der Waals surface area contributed by atoms with Gasteiger partial charge in [-0.25, -0.2) is 8.78 Å². The smallest absolute Gasteiger partial charge is 0.248 e. The molecule has 0 fully saturated rings. The fourth-order valence-electron chi connectivity index (χ4n) is 2.65. The van der Waals surface area contributed by atoms with E-state index in [0.717, 1.165) is 5.56 Å². The van der Waals surface area contributed by atoms with Gasteiger partial charge in [0.1, 0.15) is 17.7 Å². The van der Waals surface area contributed by atoms with Gasteiger partial charge in [-0.2, -0.15) is 4.68 Å². The van der Waals surface area contributed by atoms with Crippen LogP contribution >= 0.6 is 11.6 Å². The van der Waals surface area contributed by atoms with Crippen LogP contribution in [0.3, 0.4) is 0 Å². The predicted molar refractivity (Wildman–Crippen MR) is 85.4 cm³/mol. The highest BCUT2D eigenvalue weighted by Gasteiger charge is 2.28. The number of benzene rings is 2. The van der Waals surface area contributed by atoms with Crippen LogP contribution in [0.15, 0.2) is 48.5 Å². The number of tetrazole rings is 1. The molecule has 24 heavy (non-hydrogen) atoms. The highest BCUT2D eigenvalue weighted by Crippen LogP contribution is 2.35. The van der Waals surface area contributed by atoms with Crippen molar-refractivity contribution < 1.29 is 8.78 Å². The molecule has 1 aliphatic heterocycles. The van der Waals surface area contributed by atoms with Gasteiger partial charge in [-0.1, -0.05) is 22.8 Å². The van der Waals surface area contributed by atoms with Gasteiger partial charge < -0.3 is 5.32 Å². The van der Waals surface area contributed by atoms with E-state index in [0.29, 0.717) is 11.6 Å². The maximum atomic E-state index is 14.4. The van der Waals surface area contributed by atoms with Gasteiger partial charge in [-0.3, -0.25) is 0 Å². The van der Waals surface area contributed by atoms with Crippen LogP contribution in [0.5, 0.6) is 0 Å². The summed E-state index contributed by atoms with van der Waals surface area (Å²) in [5.41, 5.74) is 1.64. The molecule has 0 amide bonds. The van der Waals surface area contributed by atoms with Crippen LogP contribution < -0.4 is 5.32 Å². The maximum absolute atomic E-state index is 14.4. The first-order chi connectivity index (χ1) is 11.6. The number of fused-ring (bicyclic) bond motifs is 1. The molecule has 8 heteroatoms. The third kappa shape index (κ3) is 2.43. The molecular weight excluding hydrogens is 336 g/mol. The summed E-state index contributed by atoms with van der Waals surface area (Å²) < 4.78 is 28.9. The zero-order valence-electron chi connectivity index (χ0n) is 12.1. The van der Waals surface area contributed by atoms with Crippen molar-refractivity contribution in [1.82, 2.24) is 20.2 Å². The number of nitrogens with one attached hydrogen (secondary N) is 1. The minimum atomic E-state index is -0.620. The molecule has 4 rings (SSSR count). The molecule has 1 atom stereocenters. The molecule has 1 aliphatic rings. The Bertz CT molecular complexity index is 916. The number of rotatable bonds is 2. The summed E-state index contributed by atoms with van der Waals surface area (Å²) in [6.45, 7) is 0. The van der Waals surface area contributed by atoms with E-state index >= 15 is 0 Å². The summed E-state index contributed by atoms with van der Waals surface area (Å²) >= 11 is 6.19. The Morgan fingerprint density at radius 3 is 2.62 bits per heavy atom. The first-order valence-corrected chi connectivity index (χ1v) is 7.48. The Morgan fingerprint density at radius 1 is 1.08 bits per heavy atom. The summed E-state index contributed by atoms with van der Waals surface area (Å²) in [6.07, 6.45) is 1.75. The van der Waals surface area contributed by atoms with E-state index in [2.05, 4.69) is 20.8 Å². The van der Waals surface area contributed by atoms with Crippen LogP contribution in [0.4, 0.5) is 14.7 Å². The first kappa shape index (κ1) is 14.8. The predicted octanol–water partition coefficient (Wildman–Crippen LogP) is 3.66. The average molecular weight is 346 g/mol. The van der Waals surface area contributed by atoms with Gasteiger partial charge in [0.05, 0.1) is 0 Å². The Morgan fingerprint density at radius 2 is 1.88 bits per heavy atom. The lowest BCUT2D eigenvalue weighted by Gasteiger charge is -2.24. The third-order valence-corrected chi connectivity index (χ3v) is 4.11. The molecule has 0 bridgehead atoms. The maximum Gasteiger partial charge on any atom is 0.248 e. The highest BCUT2D eigenvalue weighted by atomic mass is 35.5. The summed E-state index contributed by atoms with van der Waals surface area (Å²) in [6, 6.07) is 9.79. The quantitative estimate of drug-likeness (QED) is 0.770. The van der Waals surface area contributed by atoms with Crippen molar-refractivity contribution in [3.63, 3.8) is 0 Å². The van der Waals surface area contributed by atoms with Crippen LogP contribution in [-0.4, -0.2) is 20.2 Å². The SMILES string of the molecule is Fc1ccc(C2=C[C@@H](c3c(F)cccc3Cl)n3nnnc3N2)cc1. The lowest BCUT2D eigenvalue weighted by Crippen LogP contribution is -2.21. The molecule has 0 aliphatic carbocycles. The van der Waals surface area contributed by atoms with Crippen LogP contribution in [-0.2, 0) is 0 Å². The van der Waals surface area contributed by atoms with Gasteiger partial charge in [-0.15, -0.1) is 0 Å². The molecule has 1 N–H and O–H groups in total. The van der Waals surface area contributed by atoms with Gasteiger partial charge in [0.25, 0.3) is 0 Å². The zero-order valence-corrected chi connectivity index (χ0v) is 12.9. The number of anilines is 1. The molecule has 5 nitrogen and oxygen atoms in total.